The molecule has 0 saturated heterocycles. The van der Waals surface area contributed by atoms with Crippen molar-refractivity contribution in [1.29, 1.82) is 0 Å². The summed E-state index contributed by atoms with van der Waals surface area (Å²) < 4.78 is 15.9. The largest absolute Gasteiger partial charge is 0.493 e. The fourth-order valence-corrected chi connectivity index (χ4v) is 1.92. The van der Waals surface area contributed by atoms with Crippen LogP contribution < -0.4 is 25.3 Å². The molecule has 3 N–H and O–H groups in total. The molecule has 0 heterocycles. The summed E-state index contributed by atoms with van der Waals surface area (Å²) in [5.74, 6) is 1.74. The van der Waals surface area contributed by atoms with Crippen LogP contribution in [0, 0.1) is 0 Å². The van der Waals surface area contributed by atoms with Gasteiger partial charge in [0.15, 0.2) is 11.5 Å². The van der Waals surface area contributed by atoms with E-state index < -0.39 is 0 Å². The van der Waals surface area contributed by atoms with E-state index in [0.717, 1.165) is 5.56 Å². The van der Waals surface area contributed by atoms with Crippen LogP contribution in [-0.4, -0.2) is 40.3 Å². The van der Waals surface area contributed by atoms with Crippen molar-refractivity contribution in [1.82, 2.24) is 5.32 Å². The minimum absolute atomic E-state index is 0. The van der Waals surface area contributed by atoms with Gasteiger partial charge in [0.1, 0.15) is 0 Å². The monoisotopic (exact) mass is 318 g/mol. The Balaban J connectivity index is 0.00000400. The molecule has 120 valence electrons. The number of methoxy groups -OCH3 is 3. The zero-order chi connectivity index (χ0) is 15.0. The molecule has 0 fully saturated rings. The van der Waals surface area contributed by atoms with Crippen LogP contribution in [0.5, 0.6) is 17.2 Å². The molecule has 0 aliphatic heterocycles. The molecule has 21 heavy (non-hydrogen) atoms. The third kappa shape index (κ3) is 5.32. The number of rotatable bonds is 8. The van der Waals surface area contributed by atoms with Gasteiger partial charge in [-0.15, -0.1) is 12.4 Å². The van der Waals surface area contributed by atoms with Gasteiger partial charge in [0.2, 0.25) is 11.7 Å². The highest BCUT2D eigenvalue weighted by atomic mass is 35.5. The van der Waals surface area contributed by atoms with Crippen LogP contribution in [0.15, 0.2) is 12.1 Å². The molecule has 0 aliphatic rings. The van der Waals surface area contributed by atoms with Crippen LogP contribution >= 0.6 is 12.4 Å². The minimum Gasteiger partial charge on any atom is -0.493 e. The summed E-state index contributed by atoms with van der Waals surface area (Å²) in [7, 11) is 4.71. The molecule has 7 heteroatoms. The minimum atomic E-state index is -0.0491. The number of halogens is 1. The molecule has 0 bridgehead atoms. The number of hydrogen-bond donors (Lipinski definition) is 2. The second-order valence-corrected chi connectivity index (χ2v) is 4.13. The average Bonchev–Trinajstić information content (AvgIpc) is 2.46. The number of ether oxygens (including phenoxy) is 3. The van der Waals surface area contributed by atoms with Crippen molar-refractivity contribution in [2.24, 2.45) is 5.73 Å². The van der Waals surface area contributed by atoms with Gasteiger partial charge >= 0.3 is 0 Å². The average molecular weight is 319 g/mol. The van der Waals surface area contributed by atoms with E-state index in [0.29, 0.717) is 43.2 Å². The van der Waals surface area contributed by atoms with Gasteiger partial charge in [-0.1, -0.05) is 6.07 Å². The van der Waals surface area contributed by atoms with E-state index in [1.807, 2.05) is 12.1 Å². The van der Waals surface area contributed by atoms with E-state index in [1.54, 1.807) is 21.3 Å². The quantitative estimate of drug-likeness (QED) is 0.751. The van der Waals surface area contributed by atoms with Gasteiger partial charge in [-0.3, -0.25) is 4.79 Å². The Bertz CT molecular complexity index is 455. The van der Waals surface area contributed by atoms with Crippen LogP contribution in [0.4, 0.5) is 0 Å². The summed E-state index contributed by atoms with van der Waals surface area (Å²) in [5, 5.41) is 2.80. The fourth-order valence-electron chi connectivity index (χ4n) is 1.92. The van der Waals surface area contributed by atoms with Gasteiger partial charge in [-0.25, -0.2) is 0 Å². The lowest BCUT2D eigenvalue weighted by Gasteiger charge is -2.15. The first-order valence-corrected chi connectivity index (χ1v) is 6.42. The highest BCUT2D eigenvalue weighted by molar-refractivity contribution is 5.85. The van der Waals surface area contributed by atoms with Crippen molar-refractivity contribution in [2.75, 3.05) is 34.4 Å². The maximum Gasteiger partial charge on any atom is 0.221 e. The molecule has 0 saturated carbocycles. The first-order chi connectivity index (χ1) is 9.67. The Morgan fingerprint density at radius 1 is 1.14 bits per heavy atom. The second-order valence-electron chi connectivity index (χ2n) is 4.13. The molecule has 0 aliphatic carbocycles. The molecule has 0 unspecified atom stereocenters. The number of hydrogen-bond acceptors (Lipinski definition) is 5. The fraction of sp³-hybridized carbons (Fsp3) is 0.500. The van der Waals surface area contributed by atoms with E-state index in [1.165, 1.54) is 0 Å². The van der Waals surface area contributed by atoms with E-state index >= 15 is 0 Å². The van der Waals surface area contributed by atoms with Gasteiger partial charge < -0.3 is 25.3 Å². The third-order valence-corrected chi connectivity index (χ3v) is 2.87. The summed E-state index contributed by atoms with van der Waals surface area (Å²) >= 11 is 0. The predicted octanol–water partition coefficient (Wildman–Crippen LogP) is 1.14. The second kappa shape index (κ2) is 10.1. The summed E-state index contributed by atoms with van der Waals surface area (Å²) in [6, 6.07) is 3.72. The maximum atomic E-state index is 11.3. The van der Waals surface area contributed by atoms with E-state index in [9.17, 15) is 4.79 Å². The lowest BCUT2D eigenvalue weighted by atomic mass is 10.1. The normalized spacial score (nSPS) is 9.52. The van der Waals surface area contributed by atoms with Crippen LogP contribution in [0.2, 0.25) is 0 Å². The molecule has 1 amide bonds. The molecular weight excluding hydrogens is 296 g/mol. The molecule has 1 aromatic rings. The lowest BCUT2D eigenvalue weighted by Crippen LogP contribution is -2.27. The molecule has 1 rings (SSSR count). The van der Waals surface area contributed by atoms with Crippen molar-refractivity contribution >= 4 is 18.3 Å². The number of carbonyl (C=O) groups is 1. The van der Waals surface area contributed by atoms with Crippen molar-refractivity contribution in [3.63, 3.8) is 0 Å². The summed E-state index contributed by atoms with van der Waals surface area (Å²) in [5.41, 5.74) is 6.26. The first-order valence-electron chi connectivity index (χ1n) is 6.42. The Kier molecular flexibility index (Phi) is 9.32. The van der Waals surface area contributed by atoms with Crippen molar-refractivity contribution in [3.05, 3.63) is 17.7 Å². The van der Waals surface area contributed by atoms with E-state index in [4.69, 9.17) is 19.9 Å². The highest BCUT2D eigenvalue weighted by Crippen LogP contribution is 2.39. The van der Waals surface area contributed by atoms with Crippen LogP contribution in [-0.2, 0) is 11.2 Å². The van der Waals surface area contributed by atoms with Crippen molar-refractivity contribution in [3.8, 4) is 17.2 Å². The van der Waals surface area contributed by atoms with Gasteiger partial charge in [0, 0.05) is 25.1 Å². The van der Waals surface area contributed by atoms with Crippen LogP contribution in [0.25, 0.3) is 0 Å². The Morgan fingerprint density at radius 3 is 2.33 bits per heavy atom. The standard InChI is InChI=1S/C14H22N2O4.ClH/c1-18-11-5-4-10(13(19-2)14(11)20-3)7-9-16-12(17)6-8-15;/h4-5H,6-9,15H2,1-3H3,(H,16,17);1H. The van der Waals surface area contributed by atoms with Crippen LogP contribution in [0.3, 0.4) is 0 Å². The summed E-state index contributed by atoms with van der Waals surface area (Å²) in [6.07, 6.45) is 0.975. The number of nitrogens with one attached hydrogen (secondary N) is 1. The molecule has 0 atom stereocenters. The molecule has 6 nitrogen and oxygen atoms in total. The zero-order valence-corrected chi connectivity index (χ0v) is 13.4. The number of amides is 1. The topological polar surface area (TPSA) is 82.8 Å². The van der Waals surface area contributed by atoms with Crippen LogP contribution in [0.1, 0.15) is 12.0 Å². The van der Waals surface area contributed by atoms with E-state index in [-0.39, 0.29) is 18.3 Å². The summed E-state index contributed by atoms with van der Waals surface area (Å²) in [4.78, 5) is 11.3. The lowest BCUT2D eigenvalue weighted by molar-refractivity contribution is -0.120. The molecule has 0 spiro atoms. The van der Waals surface area contributed by atoms with Gasteiger partial charge in [0.05, 0.1) is 21.3 Å². The highest BCUT2D eigenvalue weighted by Gasteiger charge is 2.15. The Morgan fingerprint density at radius 2 is 1.81 bits per heavy atom. The zero-order valence-electron chi connectivity index (χ0n) is 12.6. The third-order valence-electron chi connectivity index (χ3n) is 2.87. The molecule has 0 aromatic heterocycles. The van der Waals surface area contributed by atoms with Gasteiger partial charge in [-0.2, -0.15) is 0 Å². The predicted molar refractivity (Wildman–Crippen MR) is 83.7 cm³/mol. The molecule has 1 aromatic carbocycles. The number of benzene rings is 1. The Labute approximate surface area is 131 Å². The van der Waals surface area contributed by atoms with Gasteiger partial charge in [-0.05, 0) is 12.5 Å². The van der Waals surface area contributed by atoms with Gasteiger partial charge in [0.25, 0.3) is 0 Å². The van der Waals surface area contributed by atoms with Crippen molar-refractivity contribution < 1.29 is 19.0 Å². The maximum absolute atomic E-state index is 11.3. The van der Waals surface area contributed by atoms with Crippen molar-refractivity contribution in [2.45, 2.75) is 12.8 Å². The molecular formula is C14H23ClN2O4. The summed E-state index contributed by atoms with van der Waals surface area (Å²) in [6.45, 7) is 0.871. The number of carbonyl (C=O) groups excluding carboxylic acids is 1. The first kappa shape index (κ1) is 19.3. The SMILES string of the molecule is COc1ccc(CCNC(=O)CCN)c(OC)c1OC.Cl. The number of nitrogens with two attached hydrogens (primary N) is 1. The smallest absolute Gasteiger partial charge is 0.221 e. The Hall–Kier alpha value is -1.66. The van der Waals surface area contributed by atoms with E-state index in [2.05, 4.69) is 5.32 Å². The molecule has 0 radical (unpaired) electrons.